The van der Waals surface area contributed by atoms with Crippen molar-refractivity contribution in [2.75, 3.05) is 18.9 Å². The number of aldehydes is 1. The van der Waals surface area contributed by atoms with Crippen molar-refractivity contribution in [1.82, 2.24) is 0 Å². The highest BCUT2D eigenvalue weighted by molar-refractivity contribution is 6.33. The summed E-state index contributed by atoms with van der Waals surface area (Å²) < 4.78 is 50.8. The molecular formula is C26H20ClF4N3O3. The summed E-state index contributed by atoms with van der Waals surface area (Å²) >= 11 is 5.40. The predicted octanol–water partition coefficient (Wildman–Crippen LogP) is 5.46. The largest absolute Gasteiger partial charge is 0.478 e. The van der Waals surface area contributed by atoms with Crippen molar-refractivity contribution in [2.24, 2.45) is 5.73 Å². The summed E-state index contributed by atoms with van der Waals surface area (Å²) in [5, 5.41) is 19.9. The minimum Gasteiger partial charge on any atom is -0.478 e. The predicted molar refractivity (Wildman–Crippen MR) is 133 cm³/mol. The lowest BCUT2D eigenvalue weighted by Gasteiger charge is -2.12. The van der Waals surface area contributed by atoms with Crippen LogP contribution in [0.15, 0.2) is 54.6 Å². The van der Waals surface area contributed by atoms with Gasteiger partial charge in [-0.3, -0.25) is 10.2 Å². The van der Waals surface area contributed by atoms with E-state index in [0.29, 0.717) is 11.3 Å². The van der Waals surface area contributed by atoms with Crippen molar-refractivity contribution in [3.8, 4) is 11.8 Å². The molecule has 0 aliphatic rings. The first kappa shape index (κ1) is 29.0. The van der Waals surface area contributed by atoms with Crippen LogP contribution in [0.3, 0.4) is 0 Å². The van der Waals surface area contributed by atoms with Crippen LogP contribution in [0.25, 0.3) is 0 Å². The Hall–Kier alpha value is -4.20. The van der Waals surface area contributed by atoms with Crippen LogP contribution in [0.4, 0.5) is 23.2 Å². The fourth-order valence-corrected chi connectivity index (χ4v) is 3.32. The van der Waals surface area contributed by atoms with E-state index < -0.39 is 29.1 Å². The standard InChI is InChI=1S/C18H16FN3O2.C8H4ClF3O/c1-22-16-9-11(3-2-8-20)4-6-14(16)17(21)13-7-5-12(18(23)24)10-15(13)19;9-7-3-1-2-6(5(7)4-13)8(10,11)12/h4-7,9-10,21-22H,8,20H2,1H3,(H,23,24);1-4H. The lowest BCUT2D eigenvalue weighted by molar-refractivity contribution is -0.137. The second kappa shape index (κ2) is 12.7. The second-order valence-corrected chi connectivity index (χ2v) is 7.61. The summed E-state index contributed by atoms with van der Waals surface area (Å²) in [7, 11) is 1.69. The zero-order valence-corrected chi connectivity index (χ0v) is 20.0. The van der Waals surface area contributed by atoms with Gasteiger partial charge in [0.1, 0.15) is 5.82 Å². The van der Waals surface area contributed by atoms with Gasteiger partial charge in [0.05, 0.1) is 28.4 Å². The fraction of sp³-hybridized carbons (Fsp3) is 0.115. The van der Waals surface area contributed by atoms with Crippen molar-refractivity contribution in [1.29, 1.82) is 5.41 Å². The third kappa shape index (κ3) is 7.39. The SMILES string of the molecule is CNc1cc(C#CCN)ccc1C(=N)c1ccc(C(=O)O)cc1F.O=Cc1c(Cl)cccc1C(F)(F)F. The third-order valence-electron chi connectivity index (χ3n) is 4.85. The van der Waals surface area contributed by atoms with E-state index in [0.717, 1.165) is 23.8 Å². The first-order valence-corrected chi connectivity index (χ1v) is 10.8. The molecule has 0 saturated heterocycles. The highest BCUT2D eigenvalue weighted by Gasteiger charge is 2.33. The lowest BCUT2D eigenvalue weighted by Crippen LogP contribution is -2.09. The number of carboxylic acids is 1. The first-order valence-electron chi connectivity index (χ1n) is 10.4. The molecule has 0 bridgehead atoms. The van der Waals surface area contributed by atoms with Crippen molar-refractivity contribution >= 4 is 35.3 Å². The zero-order valence-electron chi connectivity index (χ0n) is 19.2. The topological polar surface area (TPSA) is 116 Å². The molecule has 5 N–H and O–H groups in total. The molecular weight excluding hydrogens is 514 g/mol. The van der Waals surface area contributed by atoms with Gasteiger partial charge in [0, 0.05) is 35.0 Å². The van der Waals surface area contributed by atoms with E-state index in [9.17, 15) is 27.2 Å². The van der Waals surface area contributed by atoms with E-state index in [1.54, 1.807) is 25.2 Å². The van der Waals surface area contributed by atoms with Gasteiger partial charge in [-0.25, -0.2) is 9.18 Å². The Kier molecular flexibility index (Phi) is 9.94. The van der Waals surface area contributed by atoms with E-state index in [-0.39, 0.29) is 34.7 Å². The number of hydrogen-bond acceptors (Lipinski definition) is 5. The van der Waals surface area contributed by atoms with Gasteiger partial charge in [-0.15, -0.1) is 0 Å². The molecule has 0 amide bonds. The van der Waals surface area contributed by atoms with Crippen molar-refractivity contribution in [3.05, 3.63) is 98.8 Å². The quantitative estimate of drug-likeness (QED) is 0.150. The number of carboxylic acid groups (broad SMARTS) is 1. The highest BCUT2D eigenvalue weighted by atomic mass is 35.5. The molecule has 0 fully saturated rings. The van der Waals surface area contributed by atoms with Crippen LogP contribution >= 0.6 is 11.6 Å². The maximum absolute atomic E-state index is 14.2. The van der Waals surface area contributed by atoms with Crippen LogP contribution in [0.1, 0.15) is 43.0 Å². The summed E-state index contributed by atoms with van der Waals surface area (Å²) in [4.78, 5) is 21.2. The average Bonchev–Trinajstić information content (AvgIpc) is 2.86. The minimum atomic E-state index is -4.54. The van der Waals surface area contributed by atoms with Gasteiger partial charge >= 0.3 is 12.1 Å². The van der Waals surface area contributed by atoms with Crippen LogP contribution < -0.4 is 11.1 Å². The van der Waals surface area contributed by atoms with Crippen molar-refractivity contribution in [2.45, 2.75) is 6.18 Å². The second-order valence-electron chi connectivity index (χ2n) is 7.21. The number of rotatable bonds is 5. The Balaban J connectivity index is 0.000000312. The number of hydrogen-bond donors (Lipinski definition) is 4. The normalized spacial score (nSPS) is 10.4. The summed E-state index contributed by atoms with van der Waals surface area (Å²) in [6.45, 7) is 0.244. The van der Waals surface area contributed by atoms with Gasteiger partial charge in [0.25, 0.3) is 0 Å². The van der Waals surface area contributed by atoms with Crippen molar-refractivity contribution in [3.63, 3.8) is 0 Å². The molecule has 3 rings (SSSR count). The Morgan fingerprint density at radius 1 is 1.16 bits per heavy atom. The van der Waals surface area contributed by atoms with Crippen molar-refractivity contribution < 1.29 is 32.3 Å². The van der Waals surface area contributed by atoms with Crippen LogP contribution in [-0.4, -0.2) is 36.7 Å². The highest BCUT2D eigenvalue weighted by Crippen LogP contribution is 2.33. The molecule has 0 unspecified atom stereocenters. The first-order chi connectivity index (χ1) is 17.4. The third-order valence-corrected chi connectivity index (χ3v) is 5.18. The molecule has 3 aromatic rings. The molecule has 192 valence electrons. The maximum Gasteiger partial charge on any atom is 0.417 e. The molecule has 0 radical (unpaired) electrons. The lowest BCUT2D eigenvalue weighted by atomic mass is 9.97. The Morgan fingerprint density at radius 3 is 2.35 bits per heavy atom. The zero-order chi connectivity index (χ0) is 27.8. The fourth-order valence-electron chi connectivity index (χ4n) is 3.10. The van der Waals surface area contributed by atoms with Gasteiger partial charge in [-0.05, 0) is 48.5 Å². The van der Waals surface area contributed by atoms with E-state index in [1.807, 2.05) is 0 Å². The maximum atomic E-state index is 14.2. The van der Waals surface area contributed by atoms with E-state index in [1.165, 1.54) is 18.2 Å². The van der Waals surface area contributed by atoms with Gasteiger partial charge in [0.15, 0.2) is 6.29 Å². The summed E-state index contributed by atoms with van der Waals surface area (Å²) in [5.74, 6) is 3.66. The van der Waals surface area contributed by atoms with Crippen LogP contribution in [0.2, 0.25) is 5.02 Å². The summed E-state index contributed by atoms with van der Waals surface area (Å²) in [6, 6.07) is 11.8. The molecule has 3 aromatic carbocycles. The Bertz CT molecular complexity index is 1400. The molecule has 11 heteroatoms. The van der Waals surface area contributed by atoms with E-state index >= 15 is 0 Å². The van der Waals surface area contributed by atoms with Crippen LogP contribution in [-0.2, 0) is 6.18 Å². The average molecular weight is 534 g/mol. The molecule has 0 spiro atoms. The van der Waals surface area contributed by atoms with Gasteiger partial charge in [0.2, 0.25) is 0 Å². The number of carbonyl (C=O) groups excluding carboxylic acids is 1. The number of alkyl halides is 3. The molecule has 6 nitrogen and oxygen atoms in total. The molecule has 0 saturated carbocycles. The molecule has 0 heterocycles. The summed E-state index contributed by atoms with van der Waals surface area (Å²) in [6.07, 6.45) is -4.44. The number of anilines is 1. The molecule has 0 aromatic heterocycles. The Morgan fingerprint density at radius 2 is 1.84 bits per heavy atom. The van der Waals surface area contributed by atoms with E-state index in [4.69, 9.17) is 27.9 Å². The minimum absolute atomic E-state index is 0.0253. The van der Waals surface area contributed by atoms with Gasteiger partial charge < -0.3 is 16.2 Å². The summed E-state index contributed by atoms with van der Waals surface area (Å²) in [5.41, 5.74) is 5.46. The smallest absolute Gasteiger partial charge is 0.417 e. The monoisotopic (exact) mass is 533 g/mol. The number of carbonyl (C=O) groups is 2. The number of halogens is 5. The van der Waals surface area contributed by atoms with Crippen LogP contribution in [0.5, 0.6) is 0 Å². The molecule has 0 atom stereocenters. The Labute approximate surface area is 214 Å². The molecule has 0 aliphatic carbocycles. The van der Waals surface area contributed by atoms with Crippen LogP contribution in [0, 0.1) is 23.1 Å². The van der Waals surface area contributed by atoms with Gasteiger partial charge in [-0.1, -0.05) is 29.5 Å². The number of nitrogens with one attached hydrogen (secondary N) is 2. The number of aromatic carboxylic acids is 1. The number of benzene rings is 3. The van der Waals surface area contributed by atoms with Gasteiger partial charge in [-0.2, -0.15) is 13.2 Å². The van der Waals surface area contributed by atoms with E-state index in [2.05, 4.69) is 17.2 Å². The number of nitrogens with two attached hydrogens (primary N) is 1. The molecule has 37 heavy (non-hydrogen) atoms. The molecule has 0 aliphatic heterocycles.